The van der Waals surface area contributed by atoms with Crippen LogP contribution in [0.4, 0.5) is 5.69 Å². The van der Waals surface area contributed by atoms with Gasteiger partial charge in [-0.1, -0.05) is 26.0 Å². The lowest BCUT2D eigenvalue weighted by molar-refractivity contribution is -0.118. The number of guanidine groups is 1. The van der Waals surface area contributed by atoms with Crippen molar-refractivity contribution in [2.45, 2.75) is 34.2 Å². The molecule has 1 aromatic rings. The van der Waals surface area contributed by atoms with Gasteiger partial charge in [-0.15, -0.1) is 24.0 Å². The number of halogens is 1. The fourth-order valence-corrected chi connectivity index (χ4v) is 1.88. The average Bonchev–Trinajstić information content (AvgIpc) is 2.57. The van der Waals surface area contributed by atoms with Crippen LogP contribution < -0.4 is 16.0 Å². The molecule has 0 radical (unpaired) electrons. The molecule has 25 heavy (non-hydrogen) atoms. The van der Waals surface area contributed by atoms with Crippen molar-refractivity contribution in [3.8, 4) is 0 Å². The van der Waals surface area contributed by atoms with Gasteiger partial charge in [-0.05, 0) is 31.5 Å². The highest BCUT2D eigenvalue weighted by molar-refractivity contribution is 14.0. The minimum absolute atomic E-state index is 0. The number of hydrogen-bond donors (Lipinski definition) is 3. The van der Waals surface area contributed by atoms with E-state index >= 15 is 0 Å². The summed E-state index contributed by atoms with van der Waals surface area (Å²) >= 11 is 0. The monoisotopic (exact) mass is 462 g/mol. The molecule has 0 aliphatic carbocycles. The van der Waals surface area contributed by atoms with E-state index in [2.05, 4.69) is 20.9 Å². The summed E-state index contributed by atoms with van der Waals surface area (Å²) in [6.45, 7) is 11.2. The summed E-state index contributed by atoms with van der Waals surface area (Å²) in [5, 5.41) is 9.32. The first-order valence-corrected chi connectivity index (χ1v) is 8.56. The van der Waals surface area contributed by atoms with Gasteiger partial charge < -0.3 is 20.7 Å². The van der Waals surface area contributed by atoms with Gasteiger partial charge in [0.25, 0.3) is 0 Å². The van der Waals surface area contributed by atoms with Crippen LogP contribution in [0, 0.1) is 5.92 Å². The zero-order valence-corrected chi connectivity index (χ0v) is 17.9. The predicted molar refractivity (Wildman–Crippen MR) is 115 cm³/mol. The fraction of sp³-hybridized carbons (Fsp3) is 0.556. The largest absolute Gasteiger partial charge is 0.380 e. The number of nitrogens with one attached hydrogen (secondary N) is 3. The topological polar surface area (TPSA) is 74.8 Å². The molecule has 0 saturated carbocycles. The zero-order valence-electron chi connectivity index (χ0n) is 15.6. The highest BCUT2D eigenvalue weighted by atomic mass is 127. The summed E-state index contributed by atoms with van der Waals surface area (Å²) in [4.78, 5) is 16.2. The molecule has 0 atom stereocenters. The first-order valence-electron chi connectivity index (χ1n) is 8.56. The van der Waals surface area contributed by atoms with Crippen LogP contribution in [0.15, 0.2) is 29.3 Å². The summed E-state index contributed by atoms with van der Waals surface area (Å²) in [5.41, 5.74) is 1.89. The van der Waals surface area contributed by atoms with E-state index in [1.54, 1.807) is 0 Å². The Balaban J connectivity index is 0.00000576. The van der Waals surface area contributed by atoms with E-state index in [0.29, 0.717) is 13.2 Å². The number of nitrogens with zero attached hydrogens (tertiary/aromatic N) is 1. The van der Waals surface area contributed by atoms with E-state index < -0.39 is 0 Å². The lowest BCUT2D eigenvalue weighted by Crippen LogP contribution is -2.39. The van der Waals surface area contributed by atoms with E-state index in [9.17, 15) is 4.79 Å². The van der Waals surface area contributed by atoms with Crippen molar-refractivity contribution in [3.63, 3.8) is 0 Å². The maximum absolute atomic E-state index is 11.7. The lowest BCUT2D eigenvalue weighted by Gasteiger charge is -2.11. The Morgan fingerprint density at radius 3 is 2.40 bits per heavy atom. The van der Waals surface area contributed by atoms with Gasteiger partial charge in [-0.3, -0.25) is 4.79 Å². The average molecular weight is 462 g/mol. The first kappa shape index (κ1) is 23.6. The minimum atomic E-state index is -0.0280. The molecule has 0 bridgehead atoms. The van der Waals surface area contributed by atoms with Crippen LogP contribution in [0.25, 0.3) is 0 Å². The van der Waals surface area contributed by atoms with Crippen LogP contribution in [0.5, 0.6) is 0 Å². The van der Waals surface area contributed by atoms with Crippen LogP contribution in [0.2, 0.25) is 0 Å². The Kier molecular flexibility index (Phi) is 13.1. The Morgan fingerprint density at radius 2 is 1.84 bits per heavy atom. The van der Waals surface area contributed by atoms with E-state index in [1.165, 1.54) is 0 Å². The number of hydrogen-bond acceptors (Lipinski definition) is 3. The number of ether oxygens (including phenoxy) is 1. The summed E-state index contributed by atoms with van der Waals surface area (Å²) in [7, 11) is 0. The molecule has 0 fully saturated rings. The summed E-state index contributed by atoms with van der Waals surface area (Å²) < 4.78 is 5.31. The number of carbonyl (C=O) groups excluding carboxylic acids is 1. The zero-order chi connectivity index (χ0) is 17.8. The summed E-state index contributed by atoms with van der Waals surface area (Å²) in [6, 6.07) is 7.76. The van der Waals surface area contributed by atoms with Crippen molar-refractivity contribution in [3.05, 3.63) is 29.8 Å². The molecular formula is C18H31IN4O2. The smallest absolute Gasteiger partial charge is 0.226 e. The van der Waals surface area contributed by atoms with Crippen molar-refractivity contribution in [2.24, 2.45) is 10.9 Å². The number of amides is 1. The van der Waals surface area contributed by atoms with Crippen molar-refractivity contribution in [1.29, 1.82) is 0 Å². The SMILES string of the molecule is CCNC(=NCc1ccc(NC(=O)C(C)C)cc1)NCCOCC.I. The molecule has 6 nitrogen and oxygen atoms in total. The number of aliphatic imine (C=N–C) groups is 1. The third kappa shape index (κ3) is 10.3. The highest BCUT2D eigenvalue weighted by Crippen LogP contribution is 2.11. The van der Waals surface area contributed by atoms with Crippen LogP contribution in [0.3, 0.4) is 0 Å². The third-order valence-electron chi connectivity index (χ3n) is 3.25. The molecular weight excluding hydrogens is 431 g/mol. The maximum atomic E-state index is 11.7. The number of benzene rings is 1. The Labute approximate surface area is 168 Å². The Morgan fingerprint density at radius 1 is 1.16 bits per heavy atom. The van der Waals surface area contributed by atoms with E-state index in [1.807, 2.05) is 52.0 Å². The van der Waals surface area contributed by atoms with Gasteiger partial charge in [0.05, 0.1) is 13.2 Å². The van der Waals surface area contributed by atoms with Gasteiger partial charge in [0, 0.05) is 31.3 Å². The van der Waals surface area contributed by atoms with Crippen molar-refractivity contribution >= 4 is 41.5 Å². The van der Waals surface area contributed by atoms with E-state index in [0.717, 1.165) is 36.9 Å². The van der Waals surface area contributed by atoms with E-state index in [4.69, 9.17) is 4.74 Å². The minimum Gasteiger partial charge on any atom is -0.380 e. The standard InChI is InChI=1S/C18H30N4O2.HI/c1-5-19-18(20-11-12-24-6-2)21-13-15-7-9-16(10-8-15)22-17(23)14(3)4;/h7-10,14H,5-6,11-13H2,1-4H3,(H,22,23)(H2,19,20,21);1H. The van der Waals surface area contributed by atoms with Gasteiger partial charge in [0.15, 0.2) is 5.96 Å². The maximum Gasteiger partial charge on any atom is 0.226 e. The molecule has 3 N–H and O–H groups in total. The molecule has 0 aliphatic heterocycles. The molecule has 0 unspecified atom stereocenters. The Bertz CT molecular complexity index is 518. The fourth-order valence-electron chi connectivity index (χ4n) is 1.88. The molecule has 0 aliphatic rings. The molecule has 142 valence electrons. The Hall–Kier alpha value is -1.35. The lowest BCUT2D eigenvalue weighted by atomic mass is 10.2. The second-order valence-corrected chi connectivity index (χ2v) is 5.66. The van der Waals surface area contributed by atoms with E-state index in [-0.39, 0.29) is 35.8 Å². The van der Waals surface area contributed by atoms with Gasteiger partial charge in [0.1, 0.15) is 0 Å². The second kappa shape index (κ2) is 13.9. The van der Waals surface area contributed by atoms with Crippen LogP contribution in [-0.2, 0) is 16.1 Å². The number of anilines is 1. The molecule has 1 amide bonds. The van der Waals surface area contributed by atoms with Crippen LogP contribution in [-0.4, -0.2) is 38.2 Å². The van der Waals surface area contributed by atoms with Gasteiger partial charge in [0.2, 0.25) is 5.91 Å². The second-order valence-electron chi connectivity index (χ2n) is 5.66. The van der Waals surface area contributed by atoms with Crippen molar-refractivity contribution in [2.75, 3.05) is 31.6 Å². The number of rotatable bonds is 9. The summed E-state index contributed by atoms with van der Waals surface area (Å²) in [6.07, 6.45) is 0. The van der Waals surface area contributed by atoms with Gasteiger partial charge in [-0.25, -0.2) is 4.99 Å². The number of carbonyl (C=O) groups is 1. The molecule has 0 aromatic heterocycles. The molecule has 0 saturated heterocycles. The quantitative estimate of drug-likeness (QED) is 0.228. The molecule has 1 aromatic carbocycles. The molecule has 0 spiro atoms. The van der Waals surface area contributed by atoms with Crippen LogP contribution >= 0.6 is 24.0 Å². The summed E-state index contributed by atoms with van der Waals surface area (Å²) in [5.74, 6) is 0.766. The van der Waals surface area contributed by atoms with Crippen molar-refractivity contribution in [1.82, 2.24) is 10.6 Å². The predicted octanol–water partition coefficient (Wildman–Crippen LogP) is 2.99. The van der Waals surface area contributed by atoms with Crippen molar-refractivity contribution < 1.29 is 9.53 Å². The van der Waals surface area contributed by atoms with Gasteiger partial charge in [-0.2, -0.15) is 0 Å². The highest BCUT2D eigenvalue weighted by Gasteiger charge is 2.06. The van der Waals surface area contributed by atoms with Crippen LogP contribution in [0.1, 0.15) is 33.3 Å². The third-order valence-corrected chi connectivity index (χ3v) is 3.25. The first-order chi connectivity index (χ1) is 11.6. The molecule has 7 heteroatoms. The normalized spacial score (nSPS) is 11.0. The molecule has 0 heterocycles. The van der Waals surface area contributed by atoms with Gasteiger partial charge >= 0.3 is 0 Å². The molecule has 1 rings (SSSR count).